The van der Waals surface area contributed by atoms with Gasteiger partial charge in [-0.1, -0.05) is 27.7 Å². The topological polar surface area (TPSA) is 17.1 Å². The molecule has 0 aromatic heterocycles. The molecule has 0 N–H and O–H groups in total. The number of carbonyl (C=O) groups excluding carboxylic acids is 1. The predicted molar refractivity (Wildman–Crippen MR) is 58.0 cm³/mol. The van der Waals surface area contributed by atoms with Crippen LogP contribution >= 0.6 is 0 Å². The minimum atomic E-state index is 0.223. The van der Waals surface area contributed by atoms with E-state index in [-0.39, 0.29) is 5.41 Å². The van der Waals surface area contributed by atoms with E-state index in [1.807, 2.05) is 0 Å². The number of hydrogen-bond donors (Lipinski definition) is 0. The number of Topliss-reactive ketones (excluding diaryl/α,β-unsaturated/α-hetero) is 1. The highest BCUT2D eigenvalue weighted by atomic mass is 16.1. The molecule has 1 unspecified atom stereocenters. The fourth-order valence-electron chi connectivity index (χ4n) is 3.87. The van der Waals surface area contributed by atoms with Crippen LogP contribution in [0, 0.1) is 22.7 Å². The first-order chi connectivity index (χ1) is 6.38. The van der Waals surface area contributed by atoms with Gasteiger partial charge in [0.25, 0.3) is 0 Å². The summed E-state index contributed by atoms with van der Waals surface area (Å²) in [7, 11) is 0. The molecule has 2 saturated carbocycles. The lowest BCUT2D eigenvalue weighted by Crippen LogP contribution is -2.46. The number of carbonyl (C=O) groups is 1. The van der Waals surface area contributed by atoms with Crippen molar-refractivity contribution in [3.8, 4) is 0 Å². The summed E-state index contributed by atoms with van der Waals surface area (Å²) in [5, 5.41) is 0. The summed E-state index contributed by atoms with van der Waals surface area (Å²) in [5.41, 5.74) is 0.549. The van der Waals surface area contributed by atoms with Crippen molar-refractivity contribution in [2.75, 3.05) is 0 Å². The highest BCUT2D eigenvalue weighted by molar-refractivity contribution is 5.85. The molecule has 1 nitrogen and oxygen atoms in total. The van der Waals surface area contributed by atoms with Crippen LogP contribution in [0.1, 0.15) is 53.4 Å². The van der Waals surface area contributed by atoms with Gasteiger partial charge in [0.2, 0.25) is 0 Å². The lowest BCUT2D eigenvalue weighted by atomic mass is 9.54. The van der Waals surface area contributed by atoms with Crippen molar-refractivity contribution in [3.63, 3.8) is 0 Å². The Morgan fingerprint density at radius 2 is 1.86 bits per heavy atom. The first kappa shape index (κ1) is 10.2. The molecule has 0 aliphatic heterocycles. The van der Waals surface area contributed by atoms with Gasteiger partial charge >= 0.3 is 0 Å². The van der Waals surface area contributed by atoms with Gasteiger partial charge in [0.15, 0.2) is 0 Å². The molecule has 14 heavy (non-hydrogen) atoms. The fraction of sp³-hybridized carbons (Fsp3) is 0.923. The maximum Gasteiger partial charge on any atom is 0.137 e. The Balaban J connectivity index is 2.38. The van der Waals surface area contributed by atoms with E-state index in [0.29, 0.717) is 23.0 Å². The third-order valence-electron chi connectivity index (χ3n) is 5.12. The second kappa shape index (κ2) is 2.84. The molecule has 0 radical (unpaired) electrons. The summed E-state index contributed by atoms with van der Waals surface area (Å²) in [6.45, 7) is 9.23. The monoisotopic (exact) mass is 194 g/mol. The van der Waals surface area contributed by atoms with Crippen LogP contribution < -0.4 is 0 Å². The van der Waals surface area contributed by atoms with Crippen LogP contribution in [-0.4, -0.2) is 5.78 Å². The molecule has 80 valence electrons. The van der Waals surface area contributed by atoms with Crippen molar-refractivity contribution in [1.82, 2.24) is 0 Å². The van der Waals surface area contributed by atoms with Crippen molar-refractivity contribution >= 4 is 5.78 Å². The molecule has 0 amide bonds. The Hall–Kier alpha value is -0.330. The largest absolute Gasteiger partial charge is 0.299 e. The Kier molecular flexibility index (Phi) is 2.06. The average Bonchev–Trinajstić information content (AvgIpc) is 2.38. The van der Waals surface area contributed by atoms with Gasteiger partial charge in [0.1, 0.15) is 5.78 Å². The molecule has 0 bridgehead atoms. The zero-order valence-electron chi connectivity index (χ0n) is 9.89. The summed E-state index contributed by atoms with van der Waals surface area (Å²) in [4.78, 5) is 12.0. The molecule has 1 heteroatoms. The third-order valence-corrected chi connectivity index (χ3v) is 5.12. The Labute approximate surface area is 87.3 Å². The van der Waals surface area contributed by atoms with E-state index in [2.05, 4.69) is 27.7 Å². The smallest absolute Gasteiger partial charge is 0.137 e. The molecule has 0 aromatic rings. The van der Waals surface area contributed by atoms with Crippen molar-refractivity contribution in [2.45, 2.75) is 53.4 Å². The standard InChI is InChI=1S/C13H22O/c1-9-5-7-13(4)8-6-10(14)11(13)12(9,2)3/h9,11H,5-8H2,1-4H3/t9-,11+,13?/m1/s1. The predicted octanol–water partition coefficient (Wildman–Crippen LogP) is 3.43. The van der Waals surface area contributed by atoms with Gasteiger partial charge in [-0.15, -0.1) is 0 Å². The second-order valence-electron chi connectivity index (χ2n) is 6.31. The van der Waals surface area contributed by atoms with Crippen molar-refractivity contribution in [3.05, 3.63) is 0 Å². The number of rotatable bonds is 0. The summed E-state index contributed by atoms with van der Waals surface area (Å²) >= 11 is 0. The van der Waals surface area contributed by atoms with Gasteiger partial charge in [-0.2, -0.15) is 0 Å². The molecule has 2 aliphatic carbocycles. The SMILES string of the molecule is C[C@@H]1CCC2(C)CCC(=O)[C@H]2C1(C)C. The van der Waals surface area contributed by atoms with Crippen LogP contribution in [0.4, 0.5) is 0 Å². The van der Waals surface area contributed by atoms with E-state index in [1.54, 1.807) is 0 Å². The summed E-state index contributed by atoms with van der Waals surface area (Å²) in [6, 6.07) is 0. The van der Waals surface area contributed by atoms with E-state index >= 15 is 0 Å². The maximum absolute atomic E-state index is 12.0. The Bertz CT molecular complexity index is 266. The van der Waals surface area contributed by atoms with Gasteiger partial charge in [0.05, 0.1) is 0 Å². The quantitative estimate of drug-likeness (QED) is 0.577. The highest BCUT2D eigenvalue weighted by Gasteiger charge is 2.55. The molecule has 2 rings (SSSR count). The maximum atomic E-state index is 12.0. The van der Waals surface area contributed by atoms with Gasteiger partial charge in [-0.05, 0) is 36.0 Å². The minimum absolute atomic E-state index is 0.223. The molecule has 3 atom stereocenters. The average molecular weight is 194 g/mol. The van der Waals surface area contributed by atoms with E-state index in [9.17, 15) is 4.79 Å². The molecular weight excluding hydrogens is 172 g/mol. The van der Waals surface area contributed by atoms with Gasteiger partial charge in [0, 0.05) is 12.3 Å². The number of hydrogen-bond acceptors (Lipinski definition) is 1. The minimum Gasteiger partial charge on any atom is -0.299 e. The molecular formula is C13H22O. The van der Waals surface area contributed by atoms with Crippen molar-refractivity contribution < 1.29 is 4.79 Å². The first-order valence-electron chi connectivity index (χ1n) is 5.91. The van der Waals surface area contributed by atoms with Crippen LogP contribution in [-0.2, 0) is 4.79 Å². The molecule has 2 fully saturated rings. The van der Waals surface area contributed by atoms with E-state index in [0.717, 1.165) is 12.8 Å². The highest BCUT2D eigenvalue weighted by Crippen LogP contribution is 2.59. The van der Waals surface area contributed by atoms with Crippen LogP contribution in [0.15, 0.2) is 0 Å². The van der Waals surface area contributed by atoms with E-state index < -0.39 is 0 Å². The van der Waals surface area contributed by atoms with Gasteiger partial charge in [-0.25, -0.2) is 0 Å². The zero-order valence-corrected chi connectivity index (χ0v) is 9.89. The summed E-state index contributed by atoms with van der Waals surface area (Å²) < 4.78 is 0. The fourth-order valence-corrected chi connectivity index (χ4v) is 3.87. The molecule has 0 heterocycles. The van der Waals surface area contributed by atoms with Crippen molar-refractivity contribution in [1.29, 1.82) is 0 Å². The van der Waals surface area contributed by atoms with Crippen molar-refractivity contribution in [2.24, 2.45) is 22.7 Å². The van der Waals surface area contributed by atoms with Crippen LogP contribution in [0.3, 0.4) is 0 Å². The lowest BCUT2D eigenvalue weighted by molar-refractivity contribution is -0.131. The zero-order chi connectivity index (χ0) is 10.6. The second-order valence-corrected chi connectivity index (χ2v) is 6.31. The van der Waals surface area contributed by atoms with Gasteiger partial charge in [-0.3, -0.25) is 4.79 Å². The molecule has 0 aromatic carbocycles. The lowest BCUT2D eigenvalue weighted by Gasteiger charge is -2.50. The molecule has 0 saturated heterocycles. The summed E-state index contributed by atoms with van der Waals surface area (Å²) in [5.74, 6) is 1.56. The van der Waals surface area contributed by atoms with Gasteiger partial charge < -0.3 is 0 Å². The number of fused-ring (bicyclic) bond motifs is 1. The third kappa shape index (κ3) is 1.17. The summed E-state index contributed by atoms with van der Waals surface area (Å²) in [6.07, 6.45) is 4.52. The van der Waals surface area contributed by atoms with E-state index in [1.165, 1.54) is 12.8 Å². The molecule has 0 spiro atoms. The Morgan fingerprint density at radius 3 is 2.50 bits per heavy atom. The number of ketones is 1. The normalized spacial score (nSPS) is 46.4. The van der Waals surface area contributed by atoms with Crippen LogP contribution in [0.5, 0.6) is 0 Å². The van der Waals surface area contributed by atoms with Crippen LogP contribution in [0.2, 0.25) is 0 Å². The Morgan fingerprint density at radius 1 is 1.21 bits per heavy atom. The van der Waals surface area contributed by atoms with E-state index in [4.69, 9.17) is 0 Å². The first-order valence-corrected chi connectivity index (χ1v) is 5.91. The molecule has 2 aliphatic rings. The van der Waals surface area contributed by atoms with Crippen LogP contribution in [0.25, 0.3) is 0 Å².